The molecule has 15 heteroatoms. The van der Waals surface area contributed by atoms with Crippen molar-refractivity contribution < 1.29 is 42.9 Å². The molecule has 32 heavy (non-hydrogen) atoms. The first-order valence-electron chi connectivity index (χ1n) is 9.44. The zero-order chi connectivity index (χ0) is 23.7. The number of fused-ring (bicyclic) bond motifs is 1. The smallest absolute Gasteiger partial charge is 0.336 e. The van der Waals surface area contributed by atoms with Crippen LogP contribution in [0.5, 0.6) is 0 Å². The molecule has 2 aromatic heterocycles. The topological polar surface area (TPSA) is 185 Å². The third-order valence-corrected chi connectivity index (χ3v) is 4.62. The summed E-state index contributed by atoms with van der Waals surface area (Å²) in [6.45, 7) is 4.28. The average Bonchev–Trinajstić information content (AvgIpc) is 3.22. The third-order valence-electron chi connectivity index (χ3n) is 4.62. The van der Waals surface area contributed by atoms with Crippen molar-refractivity contribution in [2.45, 2.75) is 58.8 Å². The van der Waals surface area contributed by atoms with Crippen LogP contribution in [0.25, 0.3) is 11.2 Å². The molecule has 15 nitrogen and oxygen atoms in total. The molecule has 0 bridgehead atoms. The number of nitrogens with zero attached hydrogens (tertiary/aromatic N) is 4. The maximum Gasteiger partial charge on any atom is 0.336 e. The van der Waals surface area contributed by atoms with Gasteiger partial charge in [0.1, 0.15) is 12.7 Å². The van der Waals surface area contributed by atoms with Crippen molar-refractivity contribution in [1.29, 1.82) is 0 Å². The van der Waals surface area contributed by atoms with Crippen molar-refractivity contribution in [2.24, 2.45) is 0 Å². The van der Waals surface area contributed by atoms with Crippen molar-refractivity contribution >= 4 is 29.1 Å². The molecule has 174 valence electrons. The molecule has 3 rings (SSSR count). The lowest BCUT2D eigenvalue weighted by Crippen LogP contribution is -2.47. The summed E-state index contributed by atoms with van der Waals surface area (Å²) >= 11 is 0. The summed E-state index contributed by atoms with van der Waals surface area (Å²) in [4.78, 5) is 60.1. The Bertz CT molecular complexity index is 1180. The van der Waals surface area contributed by atoms with Crippen LogP contribution < -0.4 is 16.2 Å². The van der Waals surface area contributed by atoms with Gasteiger partial charge in [-0.25, -0.2) is 9.36 Å². The van der Waals surface area contributed by atoms with E-state index in [9.17, 15) is 29.2 Å². The van der Waals surface area contributed by atoms with Crippen LogP contribution in [0.1, 0.15) is 33.9 Å². The molecule has 4 atom stereocenters. The Hall–Kier alpha value is -3.75. The molecule has 1 fully saturated rings. The Kier molecular flexibility index (Phi) is 6.29. The standard InChI is InChI=1S/C17H20N4O11/c1-5-19-15(25)11-14(18-32-21(11)27)20(17(19)26)16-13(30-9(4)24)12(29-8(3)23)10(31-16)6-28-7(2)22/h10,12-13,16H,5-6H2,1-4H3/t10-,12+,13-,16-/m1/s1. The van der Waals surface area contributed by atoms with Gasteiger partial charge in [-0.05, 0) is 11.8 Å². The molecule has 0 amide bonds. The number of aromatic nitrogens is 4. The lowest BCUT2D eigenvalue weighted by molar-refractivity contribution is -0.782. The van der Waals surface area contributed by atoms with E-state index in [-0.39, 0.29) is 11.4 Å². The predicted octanol–water partition coefficient (Wildman–Crippen LogP) is -1.87. The fourth-order valence-electron chi connectivity index (χ4n) is 3.42. The normalized spacial score (nSPS) is 22.6. The first-order chi connectivity index (χ1) is 15.1. The Morgan fingerprint density at radius 3 is 2.28 bits per heavy atom. The average molecular weight is 456 g/mol. The molecule has 0 saturated carbocycles. The summed E-state index contributed by atoms with van der Waals surface area (Å²) in [6.07, 6.45) is -5.39. The molecule has 0 aliphatic carbocycles. The second-order valence-electron chi connectivity index (χ2n) is 6.82. The van der Waals surface area contributed by atoms with Gasteiger partial charge >= 0.3 is 40.3 Å². The van der Waals surface area contributed by atoms with Gasteiger partial charge < -0.3 is 24.2 Å². The summed E-state index contributed by atoms with van der Waals surface area (Å²) in [5.41, 5.74) is -2.97. The van der Waals surface area contributed by atoms with E-state index in [1.54, 1.807) is 0 Å². The van der Waals surface area contributed by atoms with Crippen LogP contribution in [-0.4, -0.2) is 57.1 Å². The molecule has 0 spiro atoms. The van der Waals surface area contributed by atoms with E-state index in [4.69, 9.17) is 18.9 Å². The molecule has 0 unspecified atom stereocenters. The maximum atomic E-state index is 13.1. The van der Waals surface area contributed by atoms with Gasteiger partial charge in [0.25, 0.3) is 0 Å². The number of rotatable bonds is 6. The second kappa shape index (κ2) is 8.78. The number of hydrogen-bond acceptors (Lipinski definition) is 12. The summed E-state index contributed by atoms with van der Waals surface area (Å²) < 4.78 is 27.2. The molecular weight excluding hydrogens is 436 g/mol. The van der Waals surface area contributed by atoms with E-state index in [1.807, 2.05) is 0 Å². The number of carbonyl (C=O) groups excluding carboxylic acids is 3. The predicted molar refractivity (Wildman–Crippen MR) is 98.8 cm³/mol. The van der Waals surface area contributed by atoms with E-state index in [0.717, 1.165) is 29.9 Å². The van der Waals surface area contributed by atoms with Crippen LogP contribution in [-0.2, 0) is 39.9 Å². The van der Waals surface area contributed by atoms with Gasteiger partial charge in [-0.3, -0.25) is 28.4 Å². The lowest BCUT2D eigenvalue weighted by atomic mass is 10.1. The largest absolute Gasteiger partial charge is 0.463 e. The van der Waals surface area contributed by atoms with Gasteiger partial charge in [-0.1, -0.05) is 0 Å². The van der Waals surface area contributed by atoms with Crippen molar-refractivity contribution in [3.63, 3.8) is 0 Å². The first-order valence-corrected chi connectivity index (χ1v) is 9.44. The van der Waals surface area contributed by atoms with Crippen LogP contribution in [0.3, 0.4) is 0 Å². The van der Waals surface area contributed by atoms with Crippen LogP contribution in [0, 0.1) is 5.21 Å². The highest BCUT2D eigenvalue weighted by Crippen LogP contribution is 2.34. The van der Waals surface area contributed by atoms with E-state index in [2.05, 4.69) is 9.79 Å². The molecule has 0 radical (unpaired) electrons. The third kappa shape index (κ3) is 4.05. The van der Waals surface area contributed by atoms with Gasteiger partial charge in [-0.15, -0.1) is 0 Å². The molecule has 0 aromatic carbocycles. The Balaban J connectivity index is 2.22. The van der Waals surface area contributed by atoms with Crippen molar-refractivity contribution in [2.75, 3.05) is 6.61 Å². The van der Waals surface area contributed by atoms with Gasteiger partial charge in [0.05, 0.1) is 5.16 Å². The van der Waals surface area contributed by atoms with Gasteiger partial charge in [-0.2, -0.15) is 0 Å². The van der Waals surface area contributed by atoms with Crippen molar-refractivity contribution in [3.05, 3.63) is 26.0 Å². The van der Waals surface area contributed by atoms with Gasteiger partial charge in [0.2, 0.25) is 0 Å². The van der Waals surface area contributed by atoms with Gasteiger partial charge in [0, 0.05) is 27.3 Å². The minimum absolute atomic E-state index is 0.117. The number of ether oxygens (including phenoxy) is 4. The fourth-order valence-corrected chi connectivity index (χ4v) is 3.42. The highest BCUT2D eigenvalue weighted by molar-refractivity contribution is 5.68. The second-order valence-corrected chi connectivity index (χ2v) is 6.82. The Morgan fingerprint density at radius 2 is 1.72 bits per heavy atom. The highest BCUT2D eigenvalue weighted by Gasteiger charge is 2.52. The number of esters is 3. The van der Waals surface area contributed by atoms with Crippen LogP contribution in [0.4, 0.5) is 0 Å². The Labute approximate surface area is 178 Å². The summed E-state index contributed by atoms with van der Waals surface area (Å²) in [7, 11) is 0. The molecule has 2 aromatic rings. The molecule has 1 saturated heterocycles. The monoisotopic (exact) mass is 456 g/mol. The van der Waals surface area contributed by atoms with E-state index >= 15 is 0 Å². The van der Waals surface area contributed by atoms with Crippen LogP contribution in [0.15, 0.2) is 14.2 Å². The fraction of sp³-hybridized carbons (Fsp3) is 0.588. The van der Waals surface area contributed by atoms with E-state index < -0.39 is 71.5 Å². The molecule has 1 aliphatic rings. The molecule has 1 aliphatic heterocycles. The van der Waals surface area contributed by atoms with Crippen LogP contribution in [0.2, 0.25) is 0 Å². The van der Waals surface area contributed by atoms with Crippen LogP contribution >= 0.6 is 0 Å². The SMILES string of the molecule is CCn1c(=O)c2c(no[n+]2[O-])n([C@@H]2O[C@H](COC(C)=O)[C@H](OC(C)=O)[C@H]2OC(C)=O)c1=O. The van der Waals surface area contributed by atoms with E-state index in [1.165, 1.54) is 6.92 Å². The maximum absolute atomic E-state index is 13.1. The lowest BCUT2D eigenvalue weighted by Gasteiger charge is -2.23. The Morgan fingerprint density at radius 1 is 1.09 bits per heavy atom. The minimum atomic E-state index is -1.51. The highest BCUT2D eigenvalue weighted by atomic mass is 16.8. The summed E-state index contributed by atoms with van der Waals surface area (Å²) in [5, 5.41) is 15.4. The molecule has 0 N–H and O–H groups in total. The summed E-state index contributed by atoms with van der Waals surface area (Å²) in [6, 6.07) is 0. The summed E-state index contributed by atoms with van der Waals surface area (Å²) in [5.74, 6) is -2.23. The zero-order valence-electron chi connectivity index (χ0n) is 17.5. The number of hydrogen-bond donors (Lipinski definition) is 0. The van der Waals surface area contributed by atoms with Crippen molar-refractivity contribution in [1.82, 2.24) is 14.3 Å². The molecule has 3 heterocycles. The van der Waals surface area contributed by atoms with Gasteiger partial charge in [0.15, 0.2) is 18.4 Å². The first kappa shape index (κ1) is 22.9. The van der Waals surface area contributed by atoms with Crippen molar-refractivity contribution in [3.8, 4) is 0 Å². The molecular formula is C17H20N4O11. The minimum Gasteiger partial charge on any atom is -0.463 e. The number of carbonyl (C=O) groups is 3. The van der Waals surface area contributed by atoms with E-state index in [0.29, 0.717) is 0 Å². The zero-order valence-corrected chi connectivity index (χ0v) is 17.5. The quantitative estimate of drug-likeness (QED) is 0.268.